The van der Waals surface area contributed by atoms with E-state index in [1.807, 2.05) is 13.8 Å². The monoisotopic (exact) mass is 287 g/mol. The van der Waals surface area contributed by atoms with E-state index in [1.54, 1.807) is 20.0 Å². The van der Waals surface area contributed by atoms with E-state index >= 15 is 0 Å². The minimum absolute atomic E-state index is 0.471. The third kappa shape index (κ3) is 3.76. The molecule has 16 heavy (non-hydrogen) atoms. The highest BCUT2D eigenvalue weighted by Gasteiger charge is 2.13. The van der Waals surface area contributed by atoms with Crippen molar-refractivity contribution in [3.8, 4) is 5.88 Å². The summed E-state index contributed by atoms with van der Waals surface area (Å²) in [4.78, 5) is 4.21. The molecule has 3 nitrogen and oxygen atoms in total. The van der Waals surface area contributed by atoms with Gasteiger partial charge in [-0.15, -0.1) is 0 Å². The topological polar surface area (TPSA) is 42.4 Å². The lowest BCUT2D eigenvalue weighted by Gasteiger charge is -2.17. The molecule has 0 aromatic carbocycles. The Bertz CT molecular complexity index is 372. The maximum Gasteiger partial charge on any atom is 0.216 e. The molecule has 1 N–H and O–H groups in total. The molecule has 0 aliphatic carbocycles. The smallest absolute Gasteiger partial charge is 0.216 e. The van der Waals surface area contributed by atoms with Crippen LogP contribution in [0.4, 0.5) is 0 Å². The summed E-state index contributed by atoms with van der Waals surface area (Å²) in [5.41, 5.74) is 1.47. The van der Waals surface area contributed by atoms with Gasteiger partial charge in [-0.2, -0.15) is 0 Å². The summed E-state index contributed by atoms with van der Waals surface area (Å²) in [6, 6.07) is 0. The number of pyridine rings is 1. The van der Waals surface area contributed by atoms with Crippen molar-refractivity contribution in [3.05, 3.63) is 21.8 Å². The molecule has 90 valence electrons. The Morgan fingerprint density at radius 2 is 2.00 bits per heavy atom. The molecule has 1 aromatic heterocycles. The van der Waals surface area contributed by atoms with Gasteiger partial charge in [0.2, 0.25) is 5.88 Å². The average Bonchev–Trinajstić information content (AvgIpc) is 2.16. The molecule has 0 spiro atoms. The van der Waals surface area contributed by atoms with E-state index in [0.717, 1.165) is 15.6 Å². The van der Waals surface area contributed by atoms with Gasteiger partial charge in [-0.1, -0.05) is 0 Å². The second-order valence-electron chi connectivity index (χ2n) is 4.57. The van der Waals surface area contributed by atoms with Crippen LogP contribution in [0.1, 0.15) is 31.4 Å². The number of rotatable bonds is 4. The van der Waals surface area contributed by atoms with E-state index in [2.05, 4.69) is 20.9 Å². The zero-order valence-corrected chi connectivity index (χ0v) is 11.8. The molecule has 0 unspecified atom stereocenters. The first kappa shape index (κ1) is 13.5. The molecular weight excluding hydrogens is 270 g/mol. The van der Waals surface area contributed by atoms with Crippen molar-refractivity contribution in [2.45, 2.75) is 39.7 Å². The molecule has 0 atom stereocenters. The summed E-state index contributed by atoms with van der Waals surface area (Å²) in [5.74, 6) is 0.643. The van der Waals surface area contributed by atoms with E-state index in [9.17, 15) is 5.11 Å². The van der Waals surface area contributed by atoms with Crippen LogP contribution < -0.4 is 4.74 Å². The van der Waals surface area contributed by atoms with Crippen LogP contribution in [0.5, 0.6) is 5.88 Å². The predicted molar refractivity (Wildman–Crippen MR) is 67.8 cm³/mol. The lowest BCUT2D eigenvalue weighted by atomic mass is 10.1. The van der Waals surface area contributed by atoms with Crippen LogP contribution in [-0.2, 0) is 0 Å². The van der Waals surface area contributed by atoms with Gasteiger partial charge in [-0.3, -0.25) is 0 Å². The molecular formula is C12H18BrNO2. The first-order valence-electron chi connectivity index (χ1n) is 5.28. The molecule has 0 aliphatic rings. The quantitative estimate of drug-likeness (QED) is 0.926. The van der Waals surface area contributed by atoms with Crippen LogP contribution in [0.2, 0.25) is 0 Å². The van der Waals surface area contributed by atoms with Crippen molar-refractivity contribution in [2.75, 3.05) is 6.61 Å². The molecule has 0 aliphatic heterocycles. The highest BCUT2D eigenvalue weighted by molar-refractivity contribution is 9.10. The first-order valence-corrected chi connectivity index (χ1v) is 6.07. The summed E-state index contributed by atoms with van der Waals surface area (Å²) >= 11 is 3.42. The molecule has 4 heteroatoms. The standard InChI is InChI=1S/C12H18BrNO2/c1-8-9(2)11(14-7-10(8)13)16-6-5-12(3,4)15/h7,15H,5-6H2,1-4H3. The van der Waals surface area contributed by atoms with Gasteiger partial charge in [0, 0.05) is 22.7 Å². The second-order valence-corrected chi connectivity index (χ2v) is 5.43. The Morgan fingerprint density at radius 3 is 2.56 bits per heavy atom. The van der Waals surface area contributed by atoms with Crippen LogP contribution in [0.25, 0.3) is 0 Å². The van der Waals surface area contributed by atoms with Crippen molar-refractivity contribution >= 4 is 15.9 Å². The van der Waals surface area contributed by atoms with Crippen molar-refractivity contribution in [3.63, 3.8) is 0 Å². The fraction of sp³-hybridized carbons (Fsp3) is 0.583. The molecule has 0 amide bonds. The van der Waals surface area contributed by atoms with Crippen LogP contribution in [0, 0.1) is 13.8 Å². The zero-order chi connectivity index (χ0) is 12.3. The number of aliphatic hydroxyl groups is 1. The van der Waals surface area contributed by atoms with Crippen LogP contribution in [-0.4, -0.2) is 22.3 Å². The molecule has 0 saturated carbocycles. The van der Waals surface area contributed by atoms with Gasteiger partial charge in [0.05, 0.1) is 12.2 Å². The number of halogens is 1. The van der Waals surface area contributed by atoms with E-state index in [1.165, 1.54) is 0 Å². The van der Waals surface area contributed by atoms with Crippen molar-refractivity contribution in [1.82, 2.24) is 4.98 Å². The van der Waals surface area contributed by atoms with Gasteiger partial charge < -0.3 is 9.84 Å². The zero-order valence-electron chi connectivity index (χ0n) is 10.2. The van der Waals surface area contributed by atoms with Crippen molar-refractivity contribution in [1.29, 1.82) is 0 Å². The van der Waals surface area contributed by atoms with E-state index in [-0.39, 0.29) is 0 Å². The molecule has 1 aromatic rings. The highest BCUT2D eigenvalue weighted by Crippen LogP contribution is 2.25. The summed E-state index contributed by atoms with van der Waals surface area (Å²) in [6.45, 7) is 8.00. The Labute approximate surface area is 105 Å². The Morgan fingerprint density at radius 1 is 1.38 bits per heavy atom. The maximum atomic E-state index is 9.56. The third-order valence-electron chi connectivity index (χ3n) is 2.49. The largest absolute Gasteiger partial charge is 0.477 e. The van der Waals surface area contributed by atoms with E-state index < -0.39 is 5.60 Å². The Balaban J connectivity index is 2.65. The first-order chi connectivity index (χ1) is 7.31. The third-order valence-corrected chi connectivity index (χ3v) is 3.29. The molecule has 1 rings (SSSR count). The Kier molecular flexibility index (Phi) is 4.33. The second kappa shape index (κ2) is 5.15. The molecule has 0 saturated heterocycles. The van der Waals surface area contributed by atoms with E-state index in [0.29, 0.717) is 18.9 Å². The molecule has 0 fully saturated rings. The lowest BCUT2D eigenvalue weighted by Crippen LogP contribution is -2.22. The fourth-order valence-corrected chi connectivity index (χ4v) is 1.59. The predicted octanol–water partition coefficient (Wildman–Crippen LogP) is 3.00. The Hall–Kier alpha value is -0.610. The van der Waals surface area contributed by atoms with Gasteiger partial charge in [0.1, 0.15) is 0 Å². The van der Waals surface area contributed by atoms with Crippen molar-refractivity contribution < 1.29 is 9.84 Å². The number of hydrogen-bond acceptors (Lipinski definition) is 3. The van der Waals surface area contributed by atoms with E-state index in [4.69, 9.17) is 4.74 Å². The fourth-order valence-electron chi connectivity index (χ4n) is 1.19. The van der Waals surface area contributed by atoms with Gasteiger partial charge in [-0.05, 0) is 49.2 Å². The van der Waals surface area contributed by atoms with Crippen LogP contribution in [0.15, 0.2) is 10.7 Å². The number of hydrogen-bond donors (Lipinski definition) is 1. The maximum absolute atomic E-state index is 9.56. The minimum atomic E-state index is -0.696. The van der Waals surface area contributed by atoms with Gasteiger partial charge >= 0.3 is 0 Å². The molecule has 0 radical (unpaired) electrons. The number of aromatic nitrogens is 1. The van der Waals surface area contributed by atoms with Crippen molar-refractivity contribution in [2.24, 2.45) is 0 Å². The SMILES string of the molecule is Cc1c(Br)cnc(OCCC(C)(C)O)c1C. The average molecular weight is 288 g/mol. The summed E-state index contributed by atoms with van der Waals surface area (Å²) in [5, 5.41) is 9.56. The van der Waals surface area contributed by atoms with Crippen LogP contribution >= 0.6 is 15.9 Å². The summed E-state index contributed by atoms with van der Waals surface area (Å²) in [6.07, 6.45) is 2.32. The molecule has 1 heterocycles. The highest BCUT2D eigenvalue weighted by atomic mass is 79.9. The van der Waals surface area contributed by atoms with Gasteiger partial charge in [-0.25, -0.2) is 4.98 Å². The molecule has 0 bridgehead atoms. The van der Waals surface area contributed by atoms with Gasteiger partial charge in [0.15, 0.2) is 0 Å². The summed E-state index contributed by atoms with van der Waals surface area (Å²) < 4.78 is 6.54. The summed E-state index contributed by atoms with van der Waals surface area (Å²) in [7, 11) is 0. The van der Waals surface area contributed by atoms with Crippen LogP contribution in [0.3, 0.4) is 0 Å². The lowest BCUT2D eigenvalue weighted by molar-refractivity contribution is 0.0545. The minimum Gasteiger partial charge on any atom is -0.477 e. The normalized spacial score (nSPS) is 11.6. The number of nitrogens with zero attached hydrogens (tertiary/aromatic N) is 1. The van der Waals surface area contributed by atoms with Gasteiger partial charge in [0.25, 0.3) is 0 Å². The number of ether oxygens (including phenoxy) is 1.